The van der Waals surface area contributed by atoms with E-state index in [1.54, 1.807) is 12.3 Å². The van der Waals surface area contributed by atoms with Crippen LogP contribution in [-0.4, -0.2) is 0 Å². The molecule has 2 rings (SSSR count). The van der Waals surface area contributed by atoms with E-state index in [9.17, 15) is 4.39 Å². The highest BCUT2D eigenvalue weighted by Crippen LogP contribution is 2.23. The van der Waals surface area contributed by atoms with E-state index < -0.39 is 0 Å². The van der Waals surface area contributed by atoms with Crippen molar-refractivity contribution in [2.45, 2.75) is 19.5 Å². The molecule has 0 saturated carbocycles. The predicted molar refractivity (Wildman–Crippen MR) is 65.4 cm³/mol. The van der Waals surface area contributed by atoms with Crippen molar-refractivity contribution in [1.29, 1.82) is 0 Å². The van der Waals surface area contributed by atoms with Gasteiger partial charge in [-0.1, -0.05) is 17.7 Å². The first kappa shape index (κ1) is 12.1. The van der Waals surface area contributed by atoms with E-state index >= 15 is 0 Å². The average Bonchev–Trinajstić information content (AvgIpc) is 2.78. The molecule has 0 aliphatic carbocycles. The second-order valence-electron chi connectivity index (χ2n) is 3.85. The third-order valence-electron chi connectivity index (χ3n) is 2.59. The zero-order valence-corrected chi connectivity index (χ0v) is 10.2. The molecule has 2 aromatic rings. The third kappa shape index (κ3) is 3.08. The standard InChI is InChI=1S/C13H13ClFNO/c1-9(16-8-11-3-2-6-17-11)12-5-4-10(15)7-13(12)14/h2-7,9,16H,8H2,1H3. The summed E-state index contributed by atoms with van der Waals surface area (Å²) in [7, 11) is 0. The van der Waals surface area contributed by atoms with E-state index in [0.29, 0.717) is 11.6 Å². The van der Waals surface area contributed by atoms with Gasteiger partial charge in [-0.3, -0.25) is 0 Å². The number of furan rings is 1. The lowest BCUT2D eigenvalue weighted by Crippen LogP contribution is -2.18. The molecule has 90 valence electrons. The van der Waals surface area contributed by atoms with Gasteiger partial charge in [0.1, 0.15) is 11.6 Å². The monoisotopic (exact) mass is 253 g/mol. The van der Waals surface area contributed by atoms with Crippen LogP contribution in [0.2, 0.25) is 5.02 Å². The van der Waals surface area contributed by atoms with E-state index in [-0.39, 0.29) is 11.9 Å². The summed E-state index contributed by atoms with van der Waals surface area (Å²) in [6.45, 7) is 2.59. The fourth-order valence-corrected chi connectivity index (χ4v) is 1.96. The number of halogens is 2. The molecule has 0 radical (unpaired) electrons. The van der Waals surface area contributed by atoms with Crippen LogP contribution in [0, 0.1) is 5.82 Å². The van der Waals surface area contributed by atoms with Gasteiger partial charge in [0.2, 0.25) is 0 Å². The van der Waals surface area contributed by atoms with Crippen LogP contribution in [0.5, 0.6) is 0 Å². The zero-order chi connectivity index (χ0) is 12.3. The molecular weight excluding hydrogens is 241 g/mol. The van der Waals surface area contributed by atoms with Crippen molar-refractivity contribution in [3.8, 4) is 0 Å². The third-order valence-corrected chi connectivity index (χ3v) is 2.92. The topological polar surface area (TPSA) is 25.2 Å². The van der Waals surface area contributed by atoms with E-state index in [1.807, 2.05) is 19.1 Å². The summed E-state index contributed by atoms with van der Waals surface area (Å²) in [4.78, 5) is 0. The van der Waals surface area contributed by atoms with Crippen molar-refractivity contribution in [3.63, 3.8) is 0 Å². The highest BCUT2D eigenvalue weighted by molar-refractivity contribution is 6.31. The van der Waals surface area contributed by atoms with Gasteiger partial charge in [0.05, 0.1) is 12.8 Å². The Morgan fingerprint density at radius 3 is 2.88 bits per heavy atom. The summed E-state index contributed by atoms with van der Waals surface area (Å²) in [5, 5.41) is 3.70. The Labute approximate surface area is 104 Å². The summed E-state index contributed by atoms with van der Waals surface area (Å²) in [5.41, 5.74) is 0.875. The van der Waals surface area contributed by atoms with Crippen LogP contribution < -0.4 is 5.32 Å². The second kappa shape index (κ2) is 5.34. The Morgan fingerprint density at radius 1 is 1.41 bits per heavy atom. The van der Waals surface area contributed by atoms with Gasteiger partial charge in [0.25, 0.3) is 0 Å². The zero-order valence-electron chi connectivity index (χ0n) is 9.41. The molecule has 4 heteroatoms. The number of rotatable bonds is 4. The van der Waals surface area contributed by atoms with Crippen LogP contribution >= 0.6 is 11.6 Å². The van der Waals surface area contributed by atoms with Crippen molar-refractivity contribution in [2.75, 3.05) is 0 Å². The molecule has 1 aromatic heterocycles. The normalized spacial score (nSPS) is 12.6. The van der Waals surface area contributed by atoms with Crippen LogP contribution in [0.4, 0.5) is 4.39 Å². The van der Waals surface area contributed by atoms with Gasteiger partial charge >= 0.3 is 0 Å². The number of benzene rings is 1. The highest BCUT2D eigenvalue weighted by atomic mass is 35.5. The molecule has 1 unspecified atom stereocenters. The number of nitrogens with one attached hydrogen (secondary N) is 1. The Bertz CT molecular complexity index is 484. The van der Waals surface area contributed by atoms with Gasteiger partial charge in [-0.2, -0.15) is 0 Å². The maximum absolute atomic E-state index is 12.9. The fourth-order valence-electron chi connectivity index (χ4n) is 1.63. The van der Waals surface area contributed by atoms with Gasteiger partial charge in [0.15, 0.2) is 0 Å². The maximum Gasteiger partial charge on any atom is 0.124 e. The lowest BCUT2D eigenvalue weighted by molar-refractivity contribution is 0.460. The molecule has 0 aliphatic heterocycles. The van der Waals surface area contributed by atoms with Crippen molar-refractivity contribution < 1.29 is 8.81 Å². The summed E-state index contributed by atoms with van der Waals surface area (Å²) in [6, 6.07) is 8.19. The molecule has 1 heterocycles. The van der Waals surface area contributed by atoms with E-state index in [2.05, 4.69) is 5.32 Å². The van der Waals surface area contributed by atoms with Crippen molar-refractivity contribution in [1.82, 2.24) is 5.32 Å². The van der Waals surface area contributed by atoms with Gasteiger partial charge in [-0.05, 0) is 36.8 Å². The van der Waals surface area contributed by atoms with Crippen LogP contribution in [0.3, 0.4) is 0 Å². The molecule has 0 spiro atoms. The van der Waals surface area contributed by atoms with Gasteiger partial charge in [-0.25, -0.2) is 4.39 Å². The van der Waals surface area contributed by atoms with E-state index in [1.165, 1.54) is 12.1 Å². The molecule has 0 saturated heterocycles. The first-order valence-corrected chi connectivity index (χ1v) is 5.75. The molecule has 0 aliphatic rings. The number of hydrogen-bond donors (Lipinski definition) is 1. The smallest absolute Gasteiger partial charge is 0.124 e. The summed E-state index contributed by atoms with van der Waals surface area (Å²) < 4.78 is 18.1. The highest BCUT2D eigenvalue weighted by Gasteiger charge is 2.10. The van der Waals surface area contributed by atoms with Gasteiger partial charge in [0, 0.05) is 11.1 Å². The first-order chi connectivity index (χ1) is 8.16. The Hall–Kier alpha value is -1.32. The lowest BCUT2D eigenvalue weighted by atomic mass is 10.1. The Balaban J connectivity index is 2.01. The SMILES string of the molecule is CC(NCc1ccco1)c1ccc(F)cc1Cl. The van der Waals surface area contributed by atoms with Crippen LogP contribution in [0.15, 0.2) is 41.0 Å². The number of hydrogen-bond acceptors (Lipinski definition) is 2. The predicted octanol–water partition coefficient (Wildman–Crippen LogP) is 3.92. The fraction of sp³-hybridized carbons (Fsp3) is 0.231. The summed E-state index contributed by atoms with van der Waals surface area (Å²) in [5.74, 6) is 0.534. The van der Waals surface area contributed by atoms with Crippen LogP contribution in [-0.2, 0) is 6.54 Å². The molecule has 1 N–H and O–H groups in total. The van der Waals surface area contributed by atoms with E-state index in [0.717, 1.165) is 11.3 Å². The van der Waals surface area contributed by atoms with Crippen molar-refractivity contribution in [2.24, 2.45) is 0 Å². The first-order valence-electron chi connectivity index (χ1n) is 5.37. The van der Waals surface area contributed by atoms with Crippen LogP contribution in [0.25, 0.3) is 0 Å². The molecule has 0 bridgehead atoms. The minimum Gasteiger partial charge on any atom is -0.468 e. The summed E-state index contributed by atoms with van der Waals surface area (Å²) in [6.07, 6.45) is 1.63. The second-order valence-corrected chi connectivity index (χ2v) is 4.25. The van der Waals surface area contributed by atoms with Gasteiger partial charge in [-0.15, -0.1) is 0 Å². The molecule has 0 fully saturated rings. The molecule has 0 amide bonds. The Kier molecular flexibility index (Phi) is 3.82. The van der Waals surface area contributed by atoms with Gasteiger partial charge < -0.3 is 9.73 Å². The minimum absolute atomic E-state index is 0.0354. The molecular formula is C13H13ClFNO. The lowest BCUT2D eigenvalue weighted by Gasteiger charge is -2.14. The molecule has 2 nitrogen and oxygen atoms in total. The molecule has 1 atom stereocenters. The van der Waals surface area contributed by atoms with E-state index in [4.69, 9.17) is 16.0 Å². The molecule has 1 aromatic carbocycles. The average molecular weight is 254 g/mol. The minimum atomic E-state index is -0.322. The quantitative estimate of drug-likeness (QED) is 0.893. The van der Waals surface area contributed by atoms with Crippen LogP contribution in [0.1, 0.15) is 24.3 Å². The largest absolute Gasteiger partial charge is 0.468 e. The molecule has 17 heavy (non-hydrogen) atoms. The van der Waals surface area contributed by atoms with Crippen molar-refractivity contribution >= 4 is 11.6 Å². The summed E-state index contributed by atoms with van der Waals surface area (Å²) >= 11 is 5.98. The maximum atomic E-state index is 12.9. The Morgan fingerprint density at radius 2 is 2.24 bits per heavy atom. The van der Waals surface area contributed by atoms with Crippen molar-refractivity contribution in [3.05, 3.63) is 58.8 Å².